The van der Waals surface area contributed by atoms with Crippen LogP contribution in [0.1, 0.15) is 11.5 Å². The number of benzene rings is 1. The minimum atomic E-state index is -2.98. The molecule has 0 aliphatic heterocycles. The largest absolute Gasteiger partial charge is 0.465 e. The molecule has 0 saturated carbocycles. The van der Waals surface area contributed by atoms with Crippen LogP contribution in [0.2, 0.25) is 0 Å². The Morgan fingerprint density at radius 3 is 2.64 bits per heavy atom. The maximum Gasteiger partial charge on any atom is 0.149 e. The van der Waals surface area contributed by atoms with Crippen molar-refractivity contribution in [2.45, 2.75) is 13.5 Å². The zero-order valence-electron chi connectivity index (χ0n) is 14.2. The molecule has 0 amide bonds. The summed E-state index contributed by atoms with van der Waals surface area (Å²) in [6.07, 6.45) is 1.23. The first-order valence-electron chi connectivity index (χ1n) is 8.01. The van der Waals surface area contributed by atoms with Gasteiger partial charge in [0.2, 0.25) is 0 Å². The van der Waals surface area contributed by atoms with Gasteiger partial charge in [-0.05, 0) is 43.3 Å². The van der Waals surface area contributed by atoms with Crippen LogP contribution in [0.5, 0.6) is 0 Å². The predicted molar refractivity (Wildman–Crippen MR) is 101 cm³/mol. The molecule has 0 radical (unpaired) electrons. The zero-order chi connectivity index (χ0) is 17.9. The molecular formula is C18H21N3O3S. The highest BCUT2D eigenvalue weighted by molar-refractivity contribution is 7.90. The van der Waals surface area contributed by atoms with Gasteiger partial charge in [-0.1, -0.05) is 6.07 Å². The van der Waals surface area contributed by atoms with Crippen molar-refractivity contribution < 1.29 is 12.8 Å². The summed E-state index contributed by atoms with van der Waals surface area (Å²) in [6, 6.07) is 13.5. The van der Waals surface area contributed by atoms with Gasteiger partial charge in [0.15, 0.2) is 0 Å². The molecule has 0 atom stereocenters. The summed E-state index contributed by atoms with van der Waals surface area (Å²) in [5.41, 5.74) is 1.71. The van der Waals surface area contributed by atoms with E-state index in [0.29, 0.717) is 13.1 Å². The SMILES string of the molecule is Cc1ccc(CNc2ccc3c(NCCS(C)(=O)=O)cccc3n2)o1. The molecule has 0 unspecified atom stereocenters. The summed E-state index contributed by atoms with van der Waals surface area (Å²) in [4.78, 5) is 4.60. The summed E-state index contributed by atoms with van der Waals surface area (Å²) in [5.74, 6) is 2.59. The van der Waals surface area contributed by atoms with Crippen LogP contribution < -0.4 is 10.6 Å². The van der Waals surface area contributed by atoms with Gasteiger partial charge in [0.1, 0.15) is 27.2 Å². The Labute approximate surface area is 147 Å². The Balaban J connectivity index is 1.72. The first-order chi connectivity index (χ1) is 11.9. The molecule has 3 aromatic rings. The van der Waals surface area contributed by atoms with Gasteiger partial charge >= 0.3 is 0 Å². The standard InChI is InChI=1S/C18H21N3O3S/c1-13-6-7-14(24-13)12-20-18-9-8-15-16(4-3-5-17(15)21-18)19-10-11-25(2,22)23/h3-9,19H,10-12H2,1-2H3,(H,20,21). The lowest BCUT2D eigenvalue weighted by atomic mass is 10.2. The van der Waals surface area contributed by atoms with Crippen LogP contribution >= 0.6 is 0 Å². The molecule has 0 aliphatic carbocycles. The number of aromatic nitrogens is 1. The number of hydrogen-bond acceptors (Lipinski definition) is 6. The summed E-state index contributed by atoms with van der Waals surface area (Å²) >= 11 is 0. The molecule has 2 aromatic heterocycles. The average Bonchev–Trinajstić information content (AvgIpc) is 2.97. The van der Waals surface area contributed by atoms with E-state index in [1.165, 1.54) is 6.26 Å². The topological polar surface area (TPSA) is 84.2 Å². The third-order valence-electron chi connectivity index (χ3n) is 3.76. The van der Waals surface area contributed by atoms with Crippen molar-refractivity contribution in [3.63, 3.8) is 0 Å². The minimum absolute atomic E-state index is 0.0962. The monoisotopic (exact) mass is 359 g/mol. The molecule has 3 rings (SSSR count). The van der Waals surface area contributed by atoms with Gasteiger partial charge in [-0.25, -0.2) is 13.4 Å². The smallest absolute Gasteiger partial charge is 0.149 e. The molecule has 7 heteroatoms. The Morgan fingerprint density at radius 1 is 1.08 bits per heavy atom. The maximum absolute atomic E-state index is 11.3. The number of furan rings is 1. The second-order valence-corrected chi connectivity index (χ2v) is 8.25. The van der Waals surface area contributed by atoms with Crippen molar-refractivity contribution in [2.75, 3.05) is 29.2 Å². The Hall–Kier alpha value is -2.54. The van der Waals surface area contributed by atoms with E-state index in [9.17, 15) is 8.42 Å². The third kappa shape index (κ3) is 4.73. The molecule has 0 saturated heterocycles. The highest BCUT2D eigenvalue weighted by Gasteiger charge is 2.06. The molecular weight excluding hydrogens is 338 g/mol. The van der Waals surface area contributed by atoms with Crippen LogP contribution in [-0.4, -0.2) is 32.0 Å². The van der Waals surface area contributed by atoms with Crippen molar-refractivity contribution in [1.29, 1.82) is 0 Å². The number of pyridine rings is 1. The number of fused-ring (bicyclic) bond motifs is 1. The van der Waals surface area contributed by atoms with Gasteiger partial charge in [0.05, 0.1) is 17.8 Å². The van der Waals surface area contributed by atoms with Crippen LogP contribution in [0.15, 0.2) is 46.9 Å². The van der Waals surface area contributed by atoms with Crippen LogP contribution in [-0.2, 0) is 16.4 Å². The number of nitrogens with one attached hydrogen (secondary N) is 2. The third-order valence-corrected chi connectivity index (χ3v) is 4.71. The van der Waals surface area contributed by atoms with Gasteiger partial charge in [-0.2, -0.15) is 0 Å². The number of nitrogens with zero attached hydrogens (tertiary/aromatic N) is 1. The fraction of sp³-hybridized carbons (Fsp3) is 0.278. The Morgan fingerprint density at radius 2 is 1.92 bits per heavy atom. The normalized spacial score (nSPS) is 11.6. The van der Waals surface area contributed by atoms with E-state index in [2.05, 4.69) is 15.6 Å². The first-order valence-corrected chi connectivity index (χ1v) is 10.1. The van der Waals surface area contributed by atoms with Crippen molar-refractivity contribution in [1.82, 2.24) is 4.98 Å². The summed E-state index contributed by atoms with van der Waals surface area (Å²) in [7, 11) is -2.98. The molecule has 0 spiro atoms. The second kappa shape index (κ2) is 7.14. The number of rotatable bonds is 7. The van der Waals surface area contributed by atoms with Gasteiger partial charge < -0.3 is 15.1 Å². The summed E-state index contributed by atoms with van der Waals surface area (Å²) in [6.45, 7) is 2.85. The average molecular weight is 359 g/mol. The van der Waals surface area contributed by atoms with Gasteiger partial charge in [-0.3, -0.25) is 0 Å². The molecule has 25 heavy (non-hydrogen) atoms. The Bertz CT molecular complexity index is 980. The van der Waals surface area contributed by atoms with Gasteiger partial charge in [0.25, 0.3) is 0 Å². The maximum atomic E-state index is 11.3. The van der Waals surface area contributed by atoms with Gasteiger partial charge in [-0.15, -0.1) is 0 Å². The summed E-state index contributed by atoms with van der Waals surface area (Å²) in [5, 5.41) is 7.37. The second-order valence-electron chi connectivity index (χ2n) is 5.99. The van der Waals surface area contributed by atoms with Crippen molar-refractivity contribution in [3.8, 4) is 0 Å². The van der Waals surface area contributed by atoms with Gasteiger partial charge in [0, 0.05) is 23.9 Å². The number of sulfone groups is 1. The molecule has 0 fully saturated rings. The van der Waals surface area contributed by atoms with Crippen LogP contribution in [0.4, 0.5) is 11.5 Å². The molecule has 0 aliphatic rings. The number of anilines is 2. The van der Waals surface area contributed by atoms with E-state index in [-0.39, 0.29) is 5.75 Å². The lowest BCUT2D eigenvalue weighted by Gasteiger charge is -2.10. The minimum Gasteiger partial charge on any atom is -0.465 e. The van der Waals surface area contributed by atoms with E-state index in [1.54, 1.807) is 0 Å². The van der Waals surface area contributed by atoms with Crippen LogP contribution in [0.3, 0.4) is 0 Å². The highest BCUT2D eigenvalue weighted by Crippen LogP contribution is 2.23. The van der Waals surface area contributed by atoms with E-state index in [4.69, 9.17) is 4.42 Å². The molecule has 2 N–H and O–H groups in total. The summed E-state index contributed by atoms with van der Waals surface area (Å²) < 4.78 is 28.0. The molecule has 0 bridgehead atoms. The van der Waals surface area contributed by atoms with Crippen LogP contribution in [0, 0.1) is 6.92 Å². The highest BCUT2D eigenvalue weighted by atomic mass is 32.2. The van der Waals surface area contributed by atoms with E-state index >= 15 is 0 Å². The van der Waals surface area contributed by atoms with E-state index in [1.807, 2.05) is 49.4 Å². The molecule has 6 nitrogen and oxygen atoms in total. The fourth-order valence-corrected chi connectivity index (χ4v) is 3.01. The quantitative estimate of drug-likeness (QED) is 0.674. The zero-order valence-corrected chi connectivity index (χ0v) is 15.1. The van der Waals surface area contributed by atoms with Crippen molar-refractivity contribution in [2.24, 2.45) is 0 Å². The van der Waals surface area contributed by atoms with Crippen molar-refractivity contribution >= 4 is 32.2 Å². The molecule has 1 aromatic carbocycles. The number of hydrogen-bond donors (Lipinski definition) is 2. The van der Waals surface area contributed by atoms with E-state index < -0.39 is 9.84 Å². The fourth-order valence-electron chi connectivity index (χ4n) is 2.54. The molecule has 132 valence electrons. The first kappa shape index (κ1) is 17.3. The van der Waals surface area contributed by atoms with E-state index in [0.717, 1.165) is 33.9 Å². The Kier molecular flexibility index (Phi) is 4.94. The number of aryl methyl sites for hydroxylation is 1. The molecule has 2 heterocycles. The van der Waals surface area contributed by atoms with Crippen molar-refractivity contribution in [3.05, 3.63) is 54.0 Å². The lowest BCUT2D eigenvalue weighted by molar-refractivity contribution is 0.490. The predicted octanol–water partition coefficient (Wildman–Crippen LogP) is 3.20. The lowest BCUT2D eigenvalue weighted by Crippen LogP contribution is -2.14. The van der Waals surface area contributed by atoms with Crippen LogP contribution in [0.25, 0.3) is 10.9 Å².